The van der Waals surface area contributed by atoms with Crippen LogP contribution in [0.4, 0.5) is 5.69 Å². The van der Waals surface area contributed by atoms with Crippen LogP contribution < -0.4 is 4.90 Å². The van der Waals surface area contributed by atoms with E-state index >= 15 is 0 Å². The summed E-state index contributed by atoms with van der Waals surface area (Å²) in [5, 5.41) is 0. The normalized spacial score (nSPS) is 22.3. The van der Waals surface area contributed by atoms with Crippen molar-refractivity contribution < 1.29 is 0 Å². The molecule has 0 N–H and O–H groups in total. The van der Waals surface area contributed by atoms with Crippen LogP contribution in [0.2, 0.25) is 0 Å². The summed E-state index contributed by atoms with van der Waals surface area (Å²) in [7, 11) is 0. The maximum Gasteiger partial charge on any atom is 0.0371 e. The van der Waals surface area contributed by atoms with E-state index in [2.05, 4.69) is 35.2 Å². The van der Waals surface area contributed by atoms with Crippen LogP contribution in [0.15, 0.2) is 30.3 Å². The Morgan fingerprint density at radius 2 is 1.11 bits per heavy atom. The highest BCUT2D eigenvalue weighted by molar-refractivity contribution is 5.48. The number of benzene rings is 1. The molecule has 0 radical (unpaired) electrons. The molecule has 1 nitrogen and oxygen atoms in total. The van der Waals surface area contributed by atoms with Crippen molar-refractivity contribution in [2.45, 2.75) is 76.3 Å². The molecule has 1 aromatic carbocycles. The van der Waals surface area contributed by atoms with E-state index in [9.17, 15) is 0 Å². The monoisotopic (exact) mass is 257 g/mol. The van der Waals surface area contributed by atoms with E-state index in [1.807, 2.05) is 0 Å². The fourth-order valence-electron chi connectivity index (χ4n) is 4.04. The molecule has 2 aliphatic carbocycles. The van der Waals surface area contributed by atoms with Crippen LogP contribution in [-0.2, 0) is 0 Å². The second kappa shape index (κ2) is 6.45. The predicted octanol–water partition coefficient (Wildman–Crippen LogP) is 5.16. The van der Waals surface area contributed by atoms with E-state index < -0.39 is 0 Å². The maximum atomic E-state index is 2.80. The lowest BCUT2D eigenvalue weighted by molar-refractivity contribution is 0.340. The zero-order chi connectivity index (χ0) is 12.9. The summed E-state index contributed by atoms with van der Waals surface area (Å²) in [5.41, 5.74) is 1.47. The van der Waals surface area contributed by atoms with Crippen LogP contribution in [-0.4, -0.2) is 12.1 Å². The van der Waals surface area contributed by atoms with Crippen molar-refractivity contribution >= 4 is 5.69 Å². The van der Waals surface area contributed by atoms with Crippen LogP contribution in [0.3, 0.4) is 0 Å². The van der Waals surface area contributed by atoms with E-state index in [0.29, 0.717) is 0 Å². The molecule has 0 atom stereocenters. The van der Waals surface area contributed by atoms with Crippen LogP contribution in [0.1, 0.15) is 64.2 Å². The van der Waals surface area contributed by atoms with Gasteiger partial charge in [0.05, 0.1) is 0 Å². The lowest BCUT2D eigenvalue weighted by Crippen LogP contribution is -2.45. The summed E-state index contributed by atoms with van der Waals surface area (Å²) in [6, 6.07) is 12.8. The molecule has 0 amide bonds. The molecule has 1 heteroatoms. The molecule has 2 saturated carbocycles. The van der Waals surface area contributed by atoms with Gasteiger partial charge in [-0.2, -0.15) is 0 Å². The predicted molar refractivity (Wildman–Crippen MR) is 82.7 cm³/mol. The van der Waals surface area contributed by atoms with E-state index in [-0.39, 0.29) is 0 Å². The van der Waals surface area contributed by atoms with Crippen molar-refractivity contribution in [1.29, 1.82) is 0 Å². The first-order chi connectivity index (χ1) is 9.45. The topological polar surface area (TPSA) is 3.24 Å². The van der Waals surface area contributed by atoms with Crippen LogP contribution >= 0.6 is 0 Å². The third kappa shape index (κ3) is 3.13. The van der Waals surface area contributed by atoms with E-state index in [1.54, 1.807) is 0 Å². The molecule has 0 bridgehead atoms. The molecular formula is C18H27N. The molecule has 104 valence electrons. The Labute approximate surface area is 118 Å². The van der Waals surface area contributed by atoms with Gasteiger partial charge in [-0.15, -0.1) is 0 Å². The average Bonchev–Trinajstić information content (AvgIpc) is 2.51. The summed E-state index contributed by atoms with van der Waals surface area (Å²) in [6.07, 6.45) is 14.3. The summed E-state index contributed by atoms with van der Waals surface area (Å²) in [6.45, 7) is 0. The Morgan fingerprint density at radius 1 is 0.632 bits per heavy atom. The smallest absolute Gasteiger partial charge is 0.0371 e. The molecule has 1 aromatic rings. The van der Waals surface area contributed by atoms with Crippen molar-refractivity contribution in [2.24, 2.45) is 0 Å². The van der Waals surface area contributed by atoms with Crippen molar-refractivity contribution in [3.05, 3.63) is 30.3 Å². The fraction of sp³-hybridized carbons (Fsp3) is 0.667. The van der Waals surface area contributed by atoms with Gasteiger partial charge in [0.1, 0.15) is 0 Å². The molecule has 0 heterocycles. The summed E-state index contributed by atoms with van der Waals surface area (Å²) in [5.74, 6) is 0. The fourth-order valence-corrected chi connectivity index (χ4v) is 4.04. The highest BCUT2D eigenvalue weighted by atomic mass is 15.2. The Bertz CT molecular complexity index is 343. The van der Waals surface area contributed by atoms with Crippen molar-refractivity contribution in [1.82, 2.24) is 0 Å². The van der Waals surface area contributed by atoms with Gasteiger partial charge in [0, 0.05) is 17.8 Å². The van der Waals surface area contributed by atoms with Crippen molar-refractivity contribution in [3.63, 3.8) is 0 Å². The lowest BCUT2D eigenvalue weighted by atomic mass is 9.88. The first-order valence-electron chi connectivity index (χ1n) is 8.28. The number of rotatable bonds is 3. The SMILES string of the molecule is c1ccc(N(C2CCCCC2)C2CCCCC2)cc1. The molecular weight excluding hydrogens is 230 g/mol. The van der Waals surface area contributed by atoms with Gasteiger partial charge in [-0.25, -0.2) is 0 Å². The number of hydrogen-bond acceptors (Lipinski definition) is 1. The van der Waals surface area contributed by atoms with Crippen molar-refractivity contribution in [2.75, 3.05) is 4.90 Å². The highest BCUT2D eigenvalue weighted by Crippen LogP contribution is 2.33. The average molecular weight is 257 g/mol. The highest BCUT2D eigenvalue weighted by Gasteiger charge is 2.28. The first-order valence-corrected chi connectivity index (χ1v) is 8.28. The first kappa shape index (κ1) is 13.0. The van der Waals surface area contributed by atoms with Gasteiger partial charge in [-0.3, -0.25) is 0 Å². The standard InChI is InChI=1S/C18H27N/c1-4-10-16(11-5-1)19(17-12-6-2-7-13-17)18-14-8-3-9-15-18/h1,4-5,10-11,17-18H,2-3,6-9,12-15H2. The molecule has 0 aromatic heterocycles. The minimum atomic E-state index is 0.805. The van der Waals surface area contributed by atoms with Crippen molar-refractivity contribution in [3.8, 4) is 0 Å². The Kier molecular flexibility index (Phi) is 4.42. The van der Waals surface area contributed by atoms with Gasteiger partial charge in [-0.1, -0.05) is 56.7 Å². The van der Waals surface area contributed by atoms with Crippen LogP contribution in [0.25, 0.3) is 0 Å². The third-order valence-electron chi connectivity index (χ3n) is 4.99. The largest absolute Gasteiger partial charge is 0.366 e. The van der Waals surface area contributed by atoms with Gasteiger partial charge in [0.25, 0.3) is 0 Å². The minimum Gasteiger partial charge on any atom is -0.366 e. The number of hydrogen-bond donors (Lipinski definition) is 0. The quantitative estimate of drug-likeness (QED) is 0.723. The lowest BCUT2D eigenvalue weighted by Gasteiger charge is -2.43. The number of anilines is 1. The number of nitrogens with zero attached hydrogens (tertiary/aromatic N) is 1. The molecule has 2 aliphatic rings. The molecule has 0 saturated heterocycles. The molecule has 2 fully saturated rings. The summed E-state index contributed by atoms with van der Waals surface area (Å²) in [4.78, 5) is 2.80. The Morgan fingerprint density at radius 3 is 1.58 bits per heavy atom. The molecule has 0 spiro atoms. The van der Waals surface area contributed by atoms with Gasteiger partial charge in [0.2, 0.25) is 0 Å². The minimum absolute atomic E-state index is 0.805. The zero-order valence-electron chi connectivity index (χ0n) is 12.1. The summed E-state index contributed by atoms with van der Waals surface area (Å²) < 4.78 is 0. The second-order valence-electron chi connectivity index (χ2n) is 6.33. The van der Waals surface area contributed by atoms with Crippen LogP contribution in [0, 0.1) is 0 Å². The summed E-state index contributed by atoms with van der Waals surface area (Å²) >= 11 is 0. The molecule has 0 unspecified atom stereocenters. The number of para-hydroxylation sites is 1. The molecule has 0 aliphatic heterocycles. The van der Waals surface area contributed by atoms with Gasteiger partial charge in [-0.05, 0) is 37.8 Å². The van der Waals surface area contributed by atoms with Gasteiger partial charge < -0.3 is 4.90 Å². The molecule has 19 heavy (non-hydrogen) atoms. The Balaban J connectivity index is 1.81. The maximum absolute atomic E-state index is 2.80. The second-order valence-corrected chi connectivity index (χ2v) is 6.33. The Hall–Kier alpha value is -0.980. The van der Waals surface area contributed by atoms with Gasteiger partial charge in [0.15, 0.2) is 0 Å². The van der Waals surface area contributed by atoms with Gasteiger partial charge >= 0.3 is 0 Å². The van der Waals surface area contributed by atoms with Crippen LogP contribution in [0.5, 0.6) is 0 Å². The third-order valence-corrected chi connectivity index (χ3v) is 4.99. The molecule has 3 rings (SSSR count). The van der Waals surface area contributed by atoms with E-state index in [0.717, 1.165) is 12.1 Å². The zero-order valence-corrected chi connectivity index (χ0v) is 12.1. The van der Waals surface area contributed by atoms with E-state index in [4.69, 9.17) is 0 Å². The van der Waals surface area contributed by atoms with E-state index in [1.165, 1.54) is 69.9 Å².